The lowest BCUT2D eigenvalue weighted by Gasteiger charge is -2.31. The van der Waals surface area contributed by atoms with Crippen molar-refractivity contribution < 1.29 is 9.21 Å². The van der Waals surface area contributed by atoms with Crippen LogP contribution < -0.4 is 0 Å². The van der Waals surface area contributed by atoms with Gasteiger partial charge in [0.2, 0.25) is 5.89 Å². The minimum absolute atomic E-state index is 0.0790. The van der Waals surface area contributed by atoms with Gasteiger partial charge in [-0.15, -0.1) is 10.2 Å². The smallest absolute Gasteiger partial charge is 0.269 e. The summed E-state index contributed by atoms with van der Waals surface area (Å²) in [5, 5.41) is 12.8. The third-order valence-corrected chi connectivity index (χ3v) is 5.53. The van der Waals surface area contributed by atoms with Crippen molar-refractivity contribution >= 4 is 17.5 Å². The lowest BCUT2D eigenvalue weighted by atomic mass is 9.99. The highest BCUT2D eigenvalue weighted by molar-refractivity contribution is 6.33. The Hall–Kier alpha value is -2.67. The highest BCUT2D eigenvalue weighted by Crippen LogP contribution is 2.30. The molecule has 0 bridgehead atoms. The minimum atomic E-state index is 0.0790. The molecule has 1 fully saturated rings. The maximum Gasteiger partial charge on any atom is 0.269 e. The minimum Gasteiger partial charge on any atom is -0.420 e. The van der Waals surface area contributed by atoms with E-state index >= 15 is 0 Å². The Labute approximate surface area is 168 Å². The molecule has 1 aliphatic heterocycles. The van der Waals surface area contributed by atoms with Crippen molar-refractivity contribution in [3.63, 3.8) is 0 Å². The molecule has 3 heterocycles. The average Bonchev–Trinajstić information content (AvgIpc) is 3.25. The molecule has 1 saturated heterocycles. The highest BCUT2D eigenvalue weighted by Gasteiger charge is 2.23. The maximum atomic E-state index is 12.8. The fourth-order valence-corrected chi connectivity index (χ4v) is 3.76. The molecule has 146 valence electrons. The van der Waals surface area contributed by atoms with E-state index < -0.39 is 0 Å². The number of likely N-dealkylation sites (tertiary alicyclic amines) is 1. The van der Waals surface area contributed by atoms with Crippen molar-refractivity contribution in [2.24, 2.45) is 5.92 Å². The summed E-state index contributed by atoms with van der Waals surface area (Å²) >= 11 is 6.43. The normalized spacial score (nSPS) is 17.1. The molecule has 0 saturated carbocycles. The van der Waals surface area contributed by atoms with Crippen molar-refractivity contribution in [1.82, 2.24) is 24.9 Å². The van der Waals surface area contributed by atoms with Gasteiger partial charge in [0.05, 0.1) is 16.4 Å². The molecule has 0 radical (unpaired) electrons. The zero-order valence-electron chi connectivity index (χ0n) is 16.1. The van der Waals surface area contributed by atoms with Gasteiger partial charge in [-0.05, 0) is 49.9 Å². The first kappa shape index (κ1) is 18.7. The Kier molecular flexibility index (Phi) is 4.93. The Bertz CT molecular complexity index is 1010. The van der Waals surface area contributed by atoms with Crippen LogP contribution in [0, 0.1) is 19.8 Å². The first-order chi connectivity index (χ1) is 13.4. The van der Waals surface area contributed by atoms with E-state index in [1.165, 1.54) is 6.42 Å². The number of aromatic nitrogens is 4. The molecule has 0 aliphatic carbocycles. The van der Waals surface area contributed by atoms with Crippen molar-refractivity contribution in [3.05, 3.63) is 46.4 Å². The van der Waals surface area contributed by atoms with Gasteiger partial charge in [0, 0.05) is 25.6 Å². The third-order valence-electron chi connectivity index (χ3n) is 5.07. The van der Waals surface area contributed by atoms with E-state index in [2.05, 4.69) is 22.2 Å². The van der Waals surface area contributed by atoms with Gasteiger partial charge >= 0.3 is 0 Å². The lowest BCUT2D eigenvalue weighted by Crippen LogP contribution is -2.39. The second-order valence-electron chi connectivity index (χ2n) is 7.33. The van der Waals surface area contributed by atoms with Gasteiger partial charge in [-0.25, -0.2) is 4.68 Å². The van der Waals surface area contributed by atoms with Crippen LogP contribution >= 0.6 is 11.6 Å². The number of piperidine rings is 1. The number of carbonyl (C=O) groups excluding carboxylic acids is 1. The number of benzene rings is 1. The number of hydrogen-bond acceptors (Lipinski definition) is 5. The van der Waals surface area contributed by atoms with Crippen LogP contribution in [0.4, 0.5) is 0 Å². The zero-order valence-corrected chi connectivity index (χ0v) is 16.9. The van der Waals surface area contributed by atoms with E-state index in [0.29, 0.717) is 28.1 Å². The standard InChI is InChI=1S/C20H22ClN5O2/c1-12-5-4-10-25(11-12)20(27)15-6-8-16(9-7-15)26-13(2)17(21)18(24-26)19-23-22-14(3)28-19/h6-9,12H,4-5,10-11H2,1-3H3/t12-/m1/s1. The van der Waals surface area contributed by atoms with Crippen LogP contribution in [0.2, 0.25) is 5.02 Å². The fraction of sp³-hybridized carbons (Fsp3) is 0.400. The van der Waals surface area contributed by atoms with Crippen LogP contribution in [-0.2, 0) is 0 Å². The first-order valence-corrected chi connectivity index (χ1v) is 9.77. The van der Waals surface area contributed by atoms with Gasteiger partial charge < -0.3 is 9.32 Å². The number of rotatable bonds is 3. The predicted octanol–water partition coefficient (Wildman–Crippen LogP) is 4.06. The molecule has 2 aromatic heterocycles. The van der Waals surface area contributed by atoms with Crippen molar-refractivity contribution in [2.75, 3.05) is 13.1 Å². The summed E-state index contributed by atoms with van der Waals surface area (Å²) in [6.45, 7) is 7.42. The van der Waals surface area contributed by atoms with Gasteiger partial charge in [0.15, 0.2) is 5.69 Å². The number of halogens is 1. The molecule has 0 spiro atoms. The Balaban J connectivity index is 1.60. The summed E-state index contributed by atoms with van der Waals surface area (Å²) in [6.07, 6.45) is 2.25. The molecule has 7 nitrogen and oxygen atoms in total. The zero-order chi connectivity index (χ0) is 19.8. The van der Waals surface area contributed by atoms with Crippen LogP contribution in [0.1, 0.15) is 41.7 Å². The quantitative estimate of drug-likeness (QED) is 0.663. The molecule has 0 N–H and O–H groups in total. The highest BCUT2D eigenvalue weighted by atomic mass is 35.5. The number of amides is 1. The van der Waals surface area contributed by atoms with Crippen LogP contribution in [0.15, 0.2) is 28.7 Å². The van der Waals surface area contributed by atoms with Gasteiger partial charge in [-0.3, -0.25) is 4.79 Å². The number of carbonyl (C=O) groups is 1. The van der Waals surface area contributed by atoms with Crippen molar-refractivity contribution in [2.45, 2.75) is 33.6 Å². The van der Waals surface area contributed by atoms with Crippen LogP contribution in [0.25, 0.3) is 17.3 Å². The summed E-state index contributed by atoms with van der Waals surface area (Å²) in [5.41, 5.74) is 2.70. The average molecular weight is 400 g/mol. The topological polar surface area (TPSA) is 77.1 Å². The lowest BCUT2D eigenvalue weighted by molar-refractivity contribution is 0.0683. The molecule has 3 aromatic rings. The monoisotopic (exact) mass is 399 g/mol. The van der Waals surface area contributed by atoms with Gasteiger partial charge in [-0.2, -0.15) is 5.10 Å². The molecule has 8 heteroatoms. The summed E-state index contributed by atoms with van der Waals surface area (Å²) in [5.74, 6) is 1.37. The molecule has 4 rings (SSSR count). The van der Waals surface area contributed by atoms with Gasteiger partial charge in [-0.1, -0.05) is 18.5 Å². The largest absolute Gasteiger partial charge is 0.420 e. The molecular weight excluding hydrogens is 378 g/mol. The maximum absolute atomic E-state index is 12.8. The molecule has 0 unspecified atom stereocenters. The molecule has 28 heavy (non-hydrogen) atoms. The van der Waals surface area contributed by atoms with Gasteiger partial charge in [0.1, 0.15) is 0 Å². The summed E-state index contributed by atoms with van der Waals surface area (Å²) in [7, 11) is 0. The van der Waals surface area contributed by atoms with E-state index in [1.807, 2.05) is 36.1 Å². The van der Waals surface area contributed by atoms with E-state index in [9.17, 15) is 4.79 Å². The molecule has 1 atom stereocenters. The third kappa shape index (κ3) is 3.42. The Morgan fingerprint density at radius 1 is 1.21 bits per heavy atom. The SMILES string of the molecule is Cc1nnc(-c2nn(-c3ccc(C(=O)N4CCC[C@@H](C)C4)cc3)c(C)c2Cl)o1. The summed E-state index contributed by atoms with van der Waals surface area (Å²) in [4.78, 5) is 14.7. The number of hydrogen-bond donors (Lipinski definition) is 0. The van der Waals surface area contributed by atoms with E-state index in [4.69, 9.17) is 16.0 Å². The van der Waals surface area contributed by atoms with Crippen LogP contribution in [0.5, 0.6) is 0 Å². The number of nitrogens with zero attached hydrogens (tertiary/aromatic N) is 5. The molecule has 1 aromatic carbocycles. The van der Waals surface area contributed by atoms with Crippen molar-refractivity contribution in [1.29, 1.82) is 0 Å². The van der Waals surface area contributed by atoms with E-state index in [-0.39, 0.29) is 11.8 Å². The first-order valence-electron chi connectivity index (χ1n) is 9.39. The fourth-order valence-electron chi connectivity index (χ4n) is 3.57. The Morgan fingerprint density at radius 2 is 1.96 bits per heavy atom. The molecular formula is C20H22ClN5O2. The van der Waals surface area contributed by atoms with E-state index in [1.54, 1.807) is 11.6 Å². The molecule has 1 aliphatic rings. The summed E-state index contributed by atoms with van der Waals surface area (Å²) < 4.78 is 7.16. The second-order valence-corrected chi connectivity index (χ2v) is 7.71. The Morgan fingerprint density at radius 3 is 2.61 bits per heavy atom. The predicted molar refractivity (Wildman–Crippen MR) is 106 cm³/mol. The second kappa shape index (κ2) is 7.39. The number of aryl methyl sites for hydroxylation is 1. The van der Waals surface area contributed by atoms with Crippen molar-refractivity contribution in [3.8, 4) is 17.3 Å². The van der Waals surface area contributed by atoms with Crippen LogP contribution in [0.3, 0.4) is 0 Å². The molecule has 1 amide bonds. The summed E-state index contributed by atoms with van der Waals surface area (Å²) in [6, 6.07) is 7.42. The van der Waals surface area contributed by atoms with Gasteiger partial charge in [0.25, 0.3) is 11.8 Å². The van der Waals surface area contributed by atoms with Crippen LogP contribution in [-0.4, -0.2) is 43.9 Å². The van der Waals surface area contributed by atoms with E-state index in [0.717, 1.165) is 30.9 Å².